The molecule has 2 nitrogen and oxygen atoms in total. The lowest BCUT2D eigenvalue weighted by molar-refractivity contribution is 0.0266. The summed E-state index contributed by atoms with van der Waals surface area (Å²) in [5, 5.41) is 0. The molecule has 54 valence electrons. The van der Waals surface area contributed by atoms with Gasteiger partial charge in [0.2, 0.25) is 0 Å². The van der Waals surface area contributed by atoms with E-state index in [1.807, 2.05) is 12.2 Å². The van der Waals surface area contributed by atoms with Gasteiger partial charge >= 0.3 is 0 Å². The summed E-state index contributed by atoms with van der Waals surface area (Å²) < 4.78 is 10.6. The molecule has 2 aliphatic heterocycles. The molecule has 0 radical (unpaired) electrons. The van der Waals surface area contributed by atoms with Crippen LogP contribution in [0.2, 0.25) is 0 Å². The van der Waals surface area contributed by atoms with Gasteiger partial charge in [-0.15, -0.1) is 0 Å². The van der Waals surface area contributed by atoms with Crippen LogP contribution in [0.5, 0.6) is 0 Å². The van der Waals surface area contributed by atoms with Gasteiger partial charge < -0.3 is 9.47 Å². The van der Waals surface area contributed by atoms with Crippen molar-refractivity contribution in [3.8, 4) is 0 Å². The zero-order valence-corrected chi connectivity index (χ0v) is 5.69. The molecule has 2 heterocycles. The van der Waals surface area contributed by atoms with Crippen molar-refractivity contribution in [1.29, 1.82) is 0 Å². The molecule has 0 aromatic rings. The molecule has 2 rings (SSSR count). The number of hydrogen-bond acceptors (Lipinski definition) is 2. The number of rotatable bonds is 1. The van der Waals surface area contributed by atoms with Crippen LogP contribution in [0.15, 0.2) is 24.7 Å². The third-order valence-corrected chi connectivity index (χ3v) is 1.85. The van der Waals surface area contributed by atoms with Crippen LogP contribution in [-0.2, 0) is 9.47 Å². The summed E-state index contributed by atoms with van der Waals surface area (Å²) in [6.07, 6.45) is 10.1. The topological polar surface area (TPSA) is 18.5 Å². The summed E-state index contributed by atoms with van der Waals surface area (Å²) in [6, 6.07) is 0. The molecule has 0 fully saturated rings. The van der Waals surface area contributed by atoms with Crippen LogP contribution in [0.3, 0.4) is 0 Å². The predicted molar refractivity (Wildman–Crippen MR) is 37.3 cm³/mol. The molecule has 2 heteroatoms. The third kappa shape index (κ3) is 0.897. The van der Waals surface area contributed by atoms with Crippen LogP contribution in [0, 0.1) is 0 Å². The fraction of sp³-hybridized carbons (Fsp3) is 0.500. The Bertz CT molecular complexity index is 136. The molecular weight excluding hydrogens is 128 g/mol. The fourth-order valence-corrected chi connectivity index (χ4v) is 1.28. The van der Waals surface area contributed by atoms with E-state index in [9.17, 15) is 0 Å². The lowest BCUT2D eigenvalue weighted by atomic mass is 10.1. The van der Waals surface area contributed by atoms with Gasteiger partial charge in [-0.25, -0.2) is 0 Å². The minimum absolute atomic E-state index is 0.259. The summed E-state index contributed by atoms with van der Waals surface area (Å²) in [5.74, 6) is 0. The first-order valence-corrected chi connectivity index (χ1v) is 3.58. The Kier molecular flexibility index (Phi) is 1.38. The van der Waals surface area contributed by atoms with Gasteiger partial charge in [-0.05, 0) is 12.2 Å². The van der Waals surface area contributed by atoms with Crippen LogP contribution in [-0.4, -0.2) is 12.2 Å². The summed E-state index contributed by atoms with van der Waals surface area (Å²) in [5.41, 5.74) is 0. The van der Waals surface area contributed by atoms with Crippen LogP contribution in [0.25, 0.3) is 0 Å². The van der Waals surface area contributed by atoms with Gasteiger partial charge in [-0.1, -0.05) is 0 Å². The molecule has 0 saturated carbocycles. The third-order valence-electron chi connectivity index (χ3n) is 1.85. The zero-order valence-electron chi connectivity index (χ0n) is 5.69. The molecule has 0 aromatic carbocycles. The molecule has 0 unspecified atom stereocenters. The molecule has 2 aliphatic rings. The van der Waals surface area contributed by atoms with E-state index in [-0.39, 0.29) is 12.2 Å². The summed E-state index contributed by atoms with van der Waals surface area (Å²) in [4.78, 5) is 0. The van der Waals surface area contributed by atoms with Gasteiger partial charge in [0.25, 0.3) is 0 Å². The number of hydrogen-bond donors (Lipinski definition) is 0. The standard InChI is InChI=1S/C8H10O2/c1-3-7(9-5-1)8-4-2-6-10-8/h1-2,5-8H,3-4H2/t7-,8-/m1/s1. The van der Waals surface area contributed by atoms with Crippen molar-refractivity contribution in [2.45, 2.75) is 25.0 Å². The highest BCUT2D eigenvalue weighted by atomic mass is 16.5. The summed E-state index contributed by atoms with van der Waals surface area (Å²) in [7, 11) is 0. The van der Waals surface area contributed by atoms with Crippen molar-refractivity contribution >= 4 is 0 Å². The smallest absolute Gasteiger partial charge is 0.138 e. The highest BCUT2D eigenvalue weighted by Gasteiger charge is 2.25. The predicted octanol–water partition coefficient (Wildman–Crippen LogP) is 1.59. The normalized spacial score (nSPS) is 36.0. The Morgan fingerprint density at radius 2 is 1.40 bits per heavy atom. The average molecular weight is 138 g/mol. The molecule has 0 aliphatic carbocycles. The molecule has 0 N–H and O–H groups in total. The molecule has 2 atom stereocenters. The second-order valence-electron chi connectivity index (χ2n) is 2.56. The maximum atomic E-state index is 5.29. The van der Waals surface area contributed by atoms with E-state index in [1.54, 1.807) is 12.5 Å². The quantitative estimate of drug-likeness (QED) is 0.547. The Morgan fingerprint density at radius 3 is 1.70 bits per heavy atom. The first-order valence-electron chi connectivity index (χ1n) is 3.58. The van der Waals surface area contributed by atoms with Gasteiger partial charge in [0.05, 0.1) is 12.5 Å². The summed E-state index contributed by atoms with van der Waals surface area (Å²) >= 11 is 0. The lowest BCUT2D eigenvalue weighted by Gasteiger charge is -2.17. The van der Waals surface area contributed by atoms with Gasteiger partial charge in [0.1, 0.15) is 12.2 Å². The van der Waals surface area contributed by atoms with E-state index in [4.69, 9.17) is 9.47 Å². The maximum Gasteiger partial charge on any atom is 0.138 e. The molecule has 0 bridgehead atoms. The van der Waals surface area contributed by atoms with Crippen molar-refractivity contribution in [2.24, 2.45) is 0 Å². The van der Waals surface area contributed by atoms with E-state index in [2.05, 4.69) is 0 Å². The van der Waals surface area contributed by atoms with Crippen LogP contribution in [0.1, 0.15) is 12.8 Å². The van der Waals surface area contributed by atoms with Crippen LogP contribution in [0.4, 0.5) is 0 Å². The minimum Gasteiger partial charge on any atom is -0.494 e. The lowest BCUT2D eigenvalue weighted by Crippen LogP contribution is -2.23. The van der Waals surface area contributed by atoms with Crippen molar-refractivity contribution in [3.05, 3.63) is 24.7 Å². The molecule has 0 spiro atoms. The van der Waals surface area contributed by atoms with Gasteiger partial charge in [-0.3, -0.25) is 0 Å². The first kappa shape index (κ1) is 5.83. The van der Waals surface area contributed by atoms with Crippen molar-refractivity contribution in [2.75, 3.05) is 0 Å². The average Bonchev–Trinajstić information content (AvgIpc) is 2.59. The highest BCUT2D eigenvalue weighted by molar-refractivity contribution is 4.97. The molecule has 10 heavy (non-hydrogen) atoms. The van der Waals surface area contributed by atoms with E-state index in [0.29, 0.717) is 0 Å². The Hall–Kier alpha value is -0.920. The summed E-state index contributed by atoms with van der Waals surface area (Å²) in [6.45, 7) is 0. The van der Waals surface area contributed by atoms with E-state index < -0.39 is 0 Å². The largest absolute Gasteiger partial charge is 0.494 e. The second-order valence-corrected chi connectivity index (χ2v) is 2.56. The van der Waals surface area contributed by atoms with Gasteiger partial charge in [-0.2, -0.15) is 0 Å². The van der Waals surface area contributed by atoms with Crippen molar-refractivity contribution < 1.29 is 9.47 Å². The van der Waals surface area contributed by atoms with Crippen molar-refractivity contribution in [1.82, 2.24) is 0 Å². The Labute approximate surface area is 60.1 Å². The first-order chi connectivity index (χ1) is 4.97. The second kappa shape index (κ2) is 2.37. The molecular formula is C8H10O2. The Morgan fingerprint density at radius 1 is 0.900 bits per heavy atom. The van der Waals surface area contributed by atoms with Crippen molar-refractivity contribution in [3.63, 3.8) is 0 Å². The maximum absolute atomic E-state index is 5.29. The monoisotopic (exact) mass is 138 g/mol. The number of ether oxygens (including phenoxy) is 2. The molecule has 0 saturated heterocycles. The van der Waals surface area contributed by atoms with E-state index in [1.165, 1.54) is 0 Å². The molecule has 0 amide bonds. The highest BCUT2D eigenvalue weighted by Crippen LogP contribution is 2.21. The van der Waals surface area contributed by atoms with Crippen LogP contribution < -0.4 is 0 Å². The Balaban J connectivity index is 1.89. The van der Waals surface area contributed by atoms with Gasteiger partial charge in [0, 0.05) is 12.8 Å². The van der Waals surface area contributed by atoms with E-state index in [0.717, 1.165) is 12.8 Å². The minimum atomic E-state index is 0.259. The van der Waals surface area contributed by atoms with E-state index >= 15 is 0 Å². The fourth-order valence-electron chi connectivity index (χ4n) is 1.28. The molecule has 0 aromatic heterocycles. The van der Waals surface area contributed by atoms with Gasteiger partial charge in [0.15, 0.2) is 0 Å². The SMILES string of the molecule is C1=CO[C@@H]([C@H]2CC=CO2)C1. The van der Waals surface area contributed by atoms with Crippen LogP contribution >= 0.6 is 0 Å². The zero-order chi connectivity index (χ0) is 6.81.